The van der Waals surface area contributed by atoms with Crippen molar-refractivity contribution in [1.29, 1.82) is 0 Å². The summed E-state index contributed by atoms with van der Waals surface area (Å²) >= 11 is 0. The molecule has 2 heterocycles. The van der Waals surface area contributed by atoms with Gasteiger partial charge in [0.15, 0.2) is 0 Å². The van der Waals surface area contributed by atoms with Gasteiger partial charge in [-0.2, -0.15) is 0 Å². The molecule has 0 radical (unpaired) electrons. The molecule has 162 valence electrons. The van der Waals surface area contributed by atoms with Gasteiger partial charge in [0, 0.05) is 43.3 Å². The number of likely N-dealkylation sites (tertiary alicyclic amines) is 1. The van der Waals surface area contributed by atoms with E-state index in [1.54, 1.807) is 6.20 Å². The maximum atomic E-state index is 12.9. The Balaban J connectivity index is 1.37. The van der Waals surface area contributed by atoms with E-state index >= 15 is 0 Å². The summed E-state index contributed by atoms with van der Waals surface area (Å²) in [5, 5.41) is 14.6. The molecule has 2 aliphatic rings. The molecule has 1 aromatic carbocycles. The molecule has 7 nitrogen and oxygen atoms in total. The Morgan fingerprint density at radius 3 is 2.60 bits per heavy atom. The van der Waals surface area contributed by atoms with E-state index in [0.717, 1.165) is 43.5 Å². The number of aromatic nitrogens is 1. The van der Waals surface area contributed by atoms with Gasteiger partial charge in [0.05, 0.1) is 24.3 Å². The second-order valence-electron chi connectivity index (χ2n) is 8.65. The number of fused-ring (bicyclic) bond motifs is 2. The summed E-state index contributed by atoms with van der Waals surface area (Å²) in [6.07, 6.45) is 2.59. The minimum absolute atomic E-state index is 0.151. The van der Waals surface area contributed by atoms with Crippen molar-refractivity contribution in [2.75, 3.05) is 32.7 Å². The van der Waals surface area contributed by atoms with Crippen LogP contribution in [0.3, 0.4) is 0 Å². The number of likely N-dealkylation sites (N-methyl/N-ethyl adjacent to an activating group) is 1. The van der Waals surface area contributed by atoms with Crippen LogP contribution in [0.25, 0.3) is 10.9 Å². The summed E-state index contributed by atoms with van der Waals surface area (Å²) < 4.78 is 0. The van der Waals surface area contributed by atoms with E-state index in [9.17, 15) is 14.7 Å². The van der Waals surface area contributed by atoms with Crippen LogP contribution in [0.2, 0.25) is 0 Å². The van der Waals surface area contributed by atoms with Crippen LogP contribution in [0.1, 0.15) is 37.0 Å². The minimum Gasteiger partial charge on any atom is -0.391 e. The van der Waals surface area contributed by atoms with Crippen molar-refractivity contribution in [3.8, 4) is 0 Å². The van der Waals surface area contributed by atoms with Crippen LogP contribution in [-0.2, 0) is 4.79 Å². The highest BCUT2D eigenvalue weighted by Crippen LogP contribution is 2.36. The molecular weight excluding hydrogens is 380 g/mol. The standard InChI is InChI=1S/C23H32N4O3/c1-3-27(4-2)22(29)14-26-12-15-9-20(21(28)10-16(15)13-26)25-23(30)18-11-24-19-8-6-5-7-17(18)19/h5-8,11,15-16,20-21,24,28H,3-4,9-10,12-14H2,1-2H3,(H,25,30)/t15-,16+,20-,21-/m0/s1. The first-order valence-electron chi connectivity index (χ1n) is 11.0. The number of amides is 2. The van der Waals surface area contributed by atoms with E-state index in [1.165, 1.54) is 0 Å². The van der Waals surface area contributed by atoms with Gasteiger partial charge in [-0.1, -0.05) is 18.2 Å². The van der Waals surface area contributed by atoms with Crippen molar-refractivity contribution in [3.05, 3.63) is 36.0 Å². The maximum Gasteiger partial charge on any atom is 0.253 e. The van der Waals surface area contributed by atoms with Crippen molar-refractivity contribution in [1.82, 2.24) is 20.1 Å². The maximum absolute atomic E-state index is 12.9. The van der Waals surface area contributed by atoms with E-state index in [2.05, 4.69) is 15.2 Å². The number of para-hydroxylation sites is 1. The molecule has 7 heteroatoms. The largest absolute Gasteiger partial charge is 0.391 e. The first-order chi connectivity index (χ1) is 14.5. The van der Waals surface area contributed by atoms with E-state index in [1.807, 2.05) is 43.0 Å². The molecule has 1 saturated heterocycles. The SMILES string of the molecule is CCN(CC)C(=O)CN1C[C@H]2C[C@H](O)[C@@H](NC(=O)c3c[nH]c4ccccc34)C[C@H]2C1. The number of rotatable bonds is 6. The highest BCUT2D eigenvalue weighted by molar-refractivity contribution is 6.06. The molecule has 2 fully saturated rings. The zero-order chi connectivity index (χ0) is 21.3. The van der Waals surface area contributed by atoms with Gasteiger partial charge in [-0.3, -0.25) is 14.5 Å². The fourth-order valence-corrected chi connectivity index (χ4v) is 5.18. The normalized spacial score (nSPS) is 26.5. The van der Waals surface area contributed by atoms with Gasteiger partial charge in [0.1, 0.15) is 0 Å². The lowest BCUT2D eigenvalue weighted by atomic mass is 9.77. The van der Waals surface area contributed by atoms with E-state index in [0.29, 0.717) is 30.4 Å². The Bertz CT molecular complexity index is 907. The lowest BCUT2D eigenvalue weighted by Gasteiger charge is -2.35. The van der Waals surface area contributed by atoms with Crippen molar-refractivity contribution in [3.63, 3.8) is 0 Å². The highest BCUT2D eigenvalue weighted by atomic mass is 16.3. The minimum atomic E-state index is -0.557. The molecule has 4 rings (SSSR count). The fraction of sp³-hybridized carbons (Fsp3) is 0.565. The molecule has 0 unspecified atom stereocenters. The second kappa shape index (κ2) is 8.78. The summed E-state index contributed by atoms with van der Waals surface area (Å²) in [4.78, 5) is 32.5. The number of nitrogens with zero attached hydrogens (tertiary/aromatic N) is 2. The number of nitrogens with one attached hydrogen (secondary N) is 2. The molecule has 3 N–H and O–H groups in total. The summed E-state index contributed by atoms with van der Waals surface area (Å²) in [5.74, 6) is 0.793. The number of hydrogen-bond acceptors (Lipinski definition) is 4. The Morgan fingerprint density at radius 2 is 1.87 bits per heavy atom. The Hall–Kier alpha value is -2.38. The summed E-state index contributed by atoms with van der Waals surface area (Å²) in [6.45, 7) is 7.61. The van der Waals surface area contributed by atoms with Crippen molar-refractivity contribution in [2.24, 2.45) is 11.8 Å². The molecule has 1 aliphatic heterocycles. The lowest BCUT2D eigenvalue weighted by molar-refractivity contribution is -0.131. The quantitative estimate of drug-likeness (QED) is 0.676. The summed E-state index contributed by atoms with van der Waals surface area (Å²) in [5.41, 5.74) is 1.54. The predicted octanol–water partition coefficient (Wildman–Crippen LogP) is 1.84. The predicted molar refractivity (Wildman–Crippen MR) is 116 cm³/mol. The number of aliphatic hydroxyl groups is 1. The average molecular weight is 413 g/mol. The lowest BCUT2D eigenvalue weighted by Crippen LogP contribution is -2.49. The third kappa shape index (κ3) is 4.09. The van der Waals surface area contributed by atoms with Crippen LogP contribution in [0.15, 0.2) is 30.5 Å². The smallest absolute Gasteiger partial charge is 0.253 e. The number of carbonyl (C=O) groups excluding carboxylic acids is 2. The van der Waals surface area contributed by atoms with Crippen LogP contribution in [-0.4, -0.2) is 76.6 Å². The van der Waals surface area contributed by atoms with Crippen LogP contribution in [0, 0.1) is 11.8 Å². The van der Waals surface area contributed by atoms with Crippen molar-refractivity contribution in [2.45, 2.75) is 38.8 Å². The Kier molecular flexibility index (Phi) is 6.11. The Labute approximate surface area is 177 Å². The fourth-order valence-electron chi connectivity index (χ4n) is 5.18. The van der Waals surface area contributed by atoms with Gasteiger partial charge in [0.2, 0.25) is 5.91 Å². The molecule has 2 amide bonds. The summed E-state index contributed by atoms with van der Waals surface area (Å²) in [7, 11) is 0. The number of aliphatic hydroxyl groups excluding tert-OH is 1. The molecule has 1 aliphatic carbocycles. The van der Waals surface area contributed by atoms with Gasteiger partial charge < -0.3 is 20.3 Å². The van der Waals surface area contributed by atoms with Crippen LogP contribution >= 0.6 is 0 Å². The van der Waals surface area contributed by atoms with E-state index in [-0.39, 0.29) is 17.9 Å². The van der Waals surface area contributed by atoms with Gasteiger partial charge in [-0.15, -0.1) is 0 Å². The zero-order valence-corrected chi connectivity index (χ0v) is 17.8. The number of H-pyrrole nitrogens is 1. The van der Waals surface area contributed by atoms with Crippen LogP contribution in [0.5, 0.6) is 0 Å². The van der Waals surface area contributed by atoms with Gasteiger partial charge >= 0.3 is 0 Å². The zero-order valence-electron chi connectivity index (χ0n) is 17.8. The van der Waals surface area contributed by atoms with Crippen LogP contribution in [0.4, 0.5) is 0 Å². The first-order valence-corrected chi connectivity index (χ1v) is 11.0. The molecule has 2 aromatic rings. The summed E-state index contributed by atoms with van der Waals surface area (Å²) in [6, 6.07) is 7.46. The monoisotopic (exact) mass is 412 g/mol. The molecule has 1 aromatic heterocycles. The third-order valence-corrected chi connectivity index (χ3v) is 6.84. The third-order valence-electron chi connectivity index (χ3n) is 6.84. The first kappa shape index (κ1) is 20.9. The Morgan fingerprint density at radius 1 is 1.17 bits per heavy atom. The number of benzene rings is 1. The van der Waals surface area contributed by atoms with Gasteiger partial charge in [-0.05, 0) is 44.6 Å². The molecular formula is C23H32N4O3. The average Bonchev–Trinajstić information content (AvgIpc) is 3.32. The highest BCUT2D eigenvalue weighted by Gasteiger charge is 2.42. The number of hydrogen-bond donors (Lipinski definition) is 3. The van der Waals surface area contributed by atoms with E-state index < -0.39 is 6.10 Å². The molecule has 0 bridgehead atoms. The second-order valence-corrected chi connectivity index (χ2v) is 8.65. The van der Waals surface area contributed by atoms with Gasteiger partial charge in [0.25, 0.3) is 5.91 Å². The molecule has 1 saturated carbocycles. The molecule has 0 spiro atoms. The van der Waals surface area contributed by atoms with Crippen LogP contribution < -0.4 is 5.32 Å². The van der Waals surface area contributed by atoms with Crippen molar-refractivity contribution < 1.29 is 14.7 Å². The topological polar surface area (TPSA) is 88.7 Å². The number of aromatic amines is 1. The molecule has 30 heavy (non-hydrogen) atoms. The molecule has 4 atom stereocenters. The van der Waals surface area contributed by atoms with Crippen molar-refractivity contribution >= 4 is 22.7 Å². The van der Waals surface area contributed by atoms with Gasteiger partial charge in [-0.25, -0.2) is 0 Å². The number of carbonyl (C=O) groups is 2. The van der Waals surface area contributed by atoms with E-state index in [4.69, 9.17) is 0 Å².